The number of hydrogen-bond acceptors (Lipinski definition) is 3. The first kappa shape index (κ1) is 15.8. The minimum atomic E-state index is -0.135. The highest BCUT2D eigenvalue weighted by atomic mass is 16.5. The van der Waals surface area contributed by atoms with Crippen LogP contribution in [0.5, 0.6) is 5.75 Å². The molecule has 116 valence electrons. The molecule has 0 saturated heterocycles. The molecule has 1 aromatic rings. The lowest BCUT2D eigenvalue weighted by Crippen LogP contribution is -2.46. The number of ether oxygens (including phenoxy) is 1. The normalized spacial score (nSPS) is 16.7. The van der Waals surface area contributed by atoms with Gasteiger partial charge >= 0.3 is 0 Å². The smallest absolute Gasteiger partial charge is 0.237 e. The Morgan fingerprint density at radius 2 is 1.95 bits per heavy atom. The van der Waals surface area contributed by atoms with Crippen molar-refractivity contribution in [2.75, 3.05) is 13.7 Å². The van der Waals surface area contributed by atoms with E-state index in [0.29, 0.717) is 6.04 Å². The number of rotatable bonds is 7. The Kier molecular flexibility index (Phi) is 6.05. The molecular weight excluding hydrogens is 264 g/mol. The third kappa shape index (κ3) is 5.05. The summed E-state index contributed by atoms with van der Waals surface area (Å²) >= 11 is 0. The zero-order chi connectivity index (χ0) is 15.1. The summed E-state index contributed by atoms with van der Waals surface area (Å²) in [5, 5.41) is 6.41. The van der Waals surface area contributed by atoms with Crippen LogP contribution in [0.25, 0.3) is 0 Å². The van der Waals surface area contributed by atoms with Gasteiger partial charge in [0.15, 0.2) is 0 Å². The molecule has 1 amide bonds. The molecule has 2 rings (SSSR count). The first-order chi connectivity index (χ1) is 10.2. The van der Waals surface area contributed by atoms with Crippen LogP contribution in [0.3, 0.4) is 0 Å². The van der Waals surface area contributed by atoms with Crippen molar-refractivity contribution < 1.29 is 9.53 Å². The quantitative estimate of drug-likeness (QED) is 0.810. The van der Waals surface area contributed by atoms with E-state index < -0.39 is 0 Å². The van der Waals surface area contributed by atoms with Gasteiger partial charge in [0.05, 0.1) is 13.2 Å². The largest absolute Gasteiger partial charge is 0.497 e. The van der Waals surface area contributed by atoms with Gasteiger partial charge in [-0.3, -0.25) is 4.79 Å². The van der Waals surface area contributed by atoms with E-state index in [1.54, 1.807) is 7.11 Å². The Labute approximate surface area is 127 Å². The molecule has 1 saturated carbocycles. The van der Waals surface area contributed by atoms with Crippen molar-refractivity contribution in [2.45, 2.75) is 51.1 Å². The van der Waals surface area contributed by atoms with Crippen LogP contribution < -0.4 is 15.4 Å². The van der Waals surface area contributed by atoms with Crippen LogP contribution in [-0.2, 0) is 11.2 Å². The molecule has 0 radical (unpaired) electrons. The van der Waals surface area contributed by atoms with Crippen molar-refractivity contribution in [1.82, 2.24) is 10.6 Å². The number of carbonyl (C=O) groups excluding carboxylic acids is 1. The summed E-state index contributed by atoms with van der Waals surface area (Å²) in [4.78, 5) is 12.0. The second-order valence-electron chi connectivity index (χ2n) is 5.76. The van der Waals surface area contributed by atoms with Crippen molar-refractivity contribution >= 4 is 5.91 Å². The van der Waals surface area contributed by atoms with Crippen LogP contribution in [0.2, 0.25) is 0 Å². The lowest BCUT2D eigenvalue weighted by atomic mass is 10.1. The van der Waals surface area contributed by atoms with Crippen molar-refractivity contribution in [3.05, 3.63) is 29.8 Å². The Hall–Kier alpha value is -1.55. The zero-order valence-electron chi connectivity index (χ0n) is 13.0. The van der Waals surface area contributed by atoms with Crippen LogP contribution in [0.1, 0.15) is 38.2 Å². The van der Waals surface area contributed by atoms with E-state index in [1.165, 1.54) is 18.4 Å². The molecular formula is C17H26N2O2. The van der Waals surface area contributed by atoms with Gasteiger partial charge in [-0.2, -0.15) is 0 Å². The number of benzene rings is 1. The summed E-state index contributed by atoms with van der Waals surface area (Å²) in [6.07, 6.45) is 5.65. The van der Waals surface area contributed by atoms with Crippen molar-refractivity contribution in [2.24, 2.45) is 0 Å². The van der Waals surface area contributed by atoms with Gasteiger partial charge in [-0.15, -0.1) is 0 Å². The number of amides is 1. The minimum Gasteiger partial charge on any atom is -0.497 e. The monoisotopic (exact) mass is 290 g/mol. The molecule has 4 nitrogen and oxygen atoms in total. The fraction of sp³-hybridized carbons (Fsp3) is 0.588. The van der Waals surface area contributed by atoms with E-state index in [2.05, 4.69) is 22.8 Å². The van der Waals surface area contributed by atoms with E-state index in [0.717, 1.165) is 31.6 Å². The van der Waals surface area contributed by atoms with Gasteiger partial charge in [0.1, 0.15) is 5.75 Å². The molecule has 21 heavy (non-hydrogen) atoms. The highest BCUT2D eigenvalue weighted by Gasteiger charge is 2.19. The maximum atomic E-state index is 12.0. The Morgan fingerprint density at radius 3 is 2.57 bits per heavy atom. The van der Waals surface area contributed by atoms with Gasteiger partial charge in [0.2, 0.25) is 5.91 Å². The summed E-state index contributed by atoms with van der Waals surface area (Å²) < 4.78 is 5.14. The average molecular weight is 290 g/mol. The van der Waals surface area contributed by atoms with E-state index in [4.69, 9.17) is 4.74 Å². The third-order valence-electron chi connectivity index (χ3n) is 4.12. The summed E-state index contributed by atoms with van der Waals surface area (Å²) in [5.74, 6) is 0.993. The van der Waals surface area contributed by atoms with Gasteiger partial charge in [0, 0.05) is 6.04 Å². The standard InChI is InChI=1S/C17H26N2O2/c1-13(17(20)19-15-5-3-4-6-15)18-12-11-14-7-9-16(21-2)10-8-14/h7-10,13,15,18H,3-6,11-12H2,1-2H3,(H,19,20). The highest BCUT2D eigenvalue weighted by Crippen LogP contribution is 2.17. The van der Waals surface area contributed by atoms with E-state index >= 15 is 0 Å². The molecule has 1 aliphatic carbocycles. The van der Waals surface area contributed by atoms with Crippen LogP contribution in [0.4, 0.5) is 0 Å². The number of methoxy groups -OCH3 is 1. The molecule has 1 aliphatic rings. The van der Waals surface area contributed by atoms with Gasteiger partial charge < -0.3 is 15.4 Å². The Bertz CT molecular complexity index is 439. The predicted molar refractivity (Wildman–Crippen MR) is 84.6 cm³/mol. The summed E-state index contributed by atoms with van der Waals surface area (Å²) in [6, 6.07) is 8.30. The van der Waals surface area contributed by atoms with Gasteiger partial charge in [-0.1, -0.05) is 25.0 Å². The fourth-order valence-corrected chi connectivity index (χ4v) is 2.71. The summed E-state index contributed by atoms with van der Waals surface area (Å²) in [7, 11) is 1.67. The summed E-state index contributed by atoms with van der Waals surface area (Å²) in [5.41, 5.74) is 1.24. The second kappa shape index (κ2) is 8.03. The van der Waals surface area contributed by atoms with E-state index in [9.17, 15) is 4.79 Å². The maximum Gasteiger partial charge on any atom is 0.237 e. The minimum absolute atomic E-state index is 0.122. The molecule has 1 aromatic carbocycles. The van der Waals surface area contributed by atoms with Crippen LogP contribution in [0.15, 0.2) is 24.3 Å². The molecule has 2 N–H and O–H groups in total. The van der Waals surface area contributed by atoms with Crippen LogP contribution >= 0.6 is 0 Å². The highest BCUT2D eigenvalue weighted by molar-refractivity contribution is 5.81. The molecule has 0 aromatic heterocycles. The summed E-state index contributed by atoms with van der Waals surface area (Å²) in [6.45, 7) is 2.73. The van der Waals surface area contributed by atoms with Crippen molar-refractivity contribution in [3.8, 4) is 5.75 Å². The molecule has 1 fully saturated rings. The molecule has 0 spiro atoms. The lowest BCUT2D eigenvalue weighted by molar-refractivity contribution is -0.123. The fourth-order valence-electron chi connectivity index (χ4n) is 2.71. The van der Waals surface area contributed by atoms with Crippen molar-refractivity contribution in [3.63, 3.8) is 0 Å². The molecule has 1 atom stereocenters. The predicted octanol–water partition coefficient (Wildman–Crippen LogP) is 2.27. The average Bonchev–Trinajstić information content (AvgIpc) is 3.00. The SMILES string of the molecule is COc1ccc(CCNC(C)C(=O)NC2CCCC2)cc1. The molecule has 0 aliphatic heterocycles. The maximum absolute atomic E-state index is 12.0. The molecule has 0 heterocycles. The van der Waals surface area contributed by atoms with Crippen molar-refractivity contribution in [1.29, 1.82) is 0 Å². The Balaban J connectivity index is 1.67. The topological polar surface area (TPSA) is 50.4 Å². The number of hydrogen-bond donors (Lipinski definition) is 2. The second-order valence-corrected chi connectivity index (χ2v) is 5.76. The third-order valence-corrected chi connectivity index (χ3v) is 4.12. The van der Waals surface area contributed by atoms with Crippen LogP contribution in [-0.4, -0.2) is 31.6 Å². The van der Waals surface area contributed by atoms with E-state index in [-0.39, 0.29) is 11.9 Å². The van der Waals surface area contributed by atoms with Crippen LogP contribution in [0, 0.1) is 0 Å². The number of nitrogens with one attached hydrogen (secondary N) is 2. The first-order valence-corrected chi connectivity index (χ1v) is 7.85. The zero-order valence-corrected chi connectivity index (χ0v) is 13.0. The molecule has 0 bridgehead atoms. The Morgan fingerprint density at radius 1 is 1.29 bits per heavy atom. The van der Waals surface area contributed by atoms with Gasteiger partial charge in [-0.25, -0.2) is 0 Å². The first-order valence-electron chi connectivity index (χ1n) is 7.85. The van der Waals surface area contributed by atoms with E-state index in [1.807, 2.05) is 19.1 Å². The van der Waals surface area contributed by atoms with Gasteiger partial charge in [-0.05, 0) is 50.4 Å². The van der Waals surface area contributed by atoms with Gasteiger partial charge in [0.25, 0.3) is 0 Å². The number of carbonyl (C=O) groups is 1. The lowest BCUT2D eigenvalue weighted by Gasteiger charge is -2.17. The molecule has 1 unspecified atom stereocenters. The molecule has 4 heteroatoms.